The number of anilines is 2. The average molecular weight is 422 g/mol. The molecular formula is C22H20ClN5O2. The van der Waals surface area contributed by atoms with E-state index in [0.29, 0.717) is 22.5 Å². The molecule has 0 saturated heterocycles. The third-order valence-corrected chi connectivity index (χ3v) is 4.96. The topological polar surface area (TPSA) is 81.1 Å². The summed E-state index contributed by atoms with van der Waals surface area (Å²) < 4.78 is 7.88. The fourth-order valence-electron chi connectivity index (χ4n) is 3.07. The summed E-state index contributed by atoms with van der Waals surface area (Å²) in [4.78, 5) is 20.5. The molecule has 0 bridgehead atoms. The Kier molecular flexibility index (Phi) is 5.29. The molecule has 152 valence electrons. The molecule has 0 radical (unpaired) electrons. The highest BCUT2D eigenvalue weighted by Crippen LogP contribution is 2.29. The largest absolute Gasteiger partial charge is 0.457 e. The second-order valence-corrected chi connectivity index (χ2v) is 7.22. The third-order valence-electron chi connectivity index (χ3n) is 4.73. The molecule has 0 aliphatic heterocycles. The number of benzene rings is 2. The summed E-state index contributed by atoms with van der Waals surface area (Å²) in [7, 11) is 3.50. The minimum Gasteiger partial charge on any atom is -0.457 e. The number of carbonyl (C=O) groups is 1. The van der Waals surface area contributed by atoms with E-state index in [1.807, 2.05) is 54.9 Å². The van der Waals surface area contributed by atoms with Crippen molar-refractivity contribution in [2.75, 3.05) is 12.4 Å². The number of carbonyl (C=O) groups excluding carboxylic acids is 1. The smallest absolute Gasteiger partial charge is 0.269 e. The van der Waals surface area contributed by atoms with E-state index in [1.165, 1.54) is 6.20 Å². The monoisotopic (exact) mass is 421 g/mol. The maximum atomic E-state index is 11.8. The number of aryl methyl sites for hydroxylation is 2. The first-order valence-corrected chi connectivity index (χ1v) is 9.68. The molecule has 2 aromatic carbocycles. The SMILES string of the molecule is CNC(=O)c1cc(Oc2ccc3c(c2)nc(Nc2cc(Cl)ccc2C)n3C)ccn1. The zero-order valence-corrected chi connectivity index (χ0v) is 17.5. The van der Waals surface area contributed by atoms with Crippen LogP contribution in [0, 0.1) is 6.92 Å². The van der Waals surface area contributed by atoms with Crippen LogP contribution in [0.1, 0.15) is 16.1 Å². The molecule has 7 nitrogen and oxygen atoms in total. The van der Waals surface area contributed by atoms with Crippen LogP contribution in [0.4, 0.5) is 11.6 Å². The van der Waals surface area contributed by atoms with E-state index < -0.39 is 0 Å². The van der Waals surface area contributed by atoms with Crippen molar-refractivity contribution in [2.24, 2.45) is 7.05 Å². The zero-order valence-electron chi connectivity index (χ0n) is 16.7. The number of fused-ring (bicyclic) bond motifs is 1. The second kappa shape index (κ2) is 8.04. The third kappa shape index (κ3) is 3.92. The van der Waals surface area contributed by atoms with Crippen molar-refractivity contribution < 1.29 is 9.53 Å². The van der Waals surface area contributed by atoms with Crippen LogP contribution in [0.5, 0.6) is 11.5 Å². The van der Waals surface area contributed by atoms with Crippen LogP contribution in [-0.4, -0.2) is 27.5 Å². The molecule has 30 heavy (non-hydrogen) atoms. The molecule has 0 saturated carbocycles. The molecule has 0 unspecified atom stereocenters. The van der Waals surface area contributed by atoms with Gasteiger partial charge in [-0.1, -0.05) is 17.7 Å². The minimum absolute atomic E-state index is 0.271. The van der Waals surface area contributed by atoms with Gasteiger partial charge >= 0.3 is 0 Å². The number of amides is 1. The van der Waals surface area contributed by atoms with E-state index in [1.54, 1.807) is 19.2 Å². The van der Waals surface area contributed by atoms with Crippen LogP contribution in [-0.2, 0) is 7.05 Å². The molecule has 0 spiro atoms. The summed E-state index contributed by atoms with van der Waals surface area (Å²) in [5.41, 5.74) is 3.98. The van der Waals surface area contributed by atoms with Crippen LogP contribution in [0.3, 0.4) is 0 Å². The minimum atomic E-state index is -0.271. The van der Waals surface area contributed by atoms with Gasteiger partial charge < -0.3 is 19.9 Å². The first kappa shape index (κ1) is 19.7. The van der Waals surface area contributed by atoms with Crippen LogP contribution in [0.25, 0.3) is 11.0 Å². The van der Waals surface area contributed by atoms with Crippen molar-refractivity contribution in [1.29, 1.82) is 0 Å². The summed E-state index contributed by atoms with van der Waals surface area (Å²) in [5, 5.41) is 6.55. The van der Waals surface area contributed by atoms with E-state index in [2.05, 4.69) is 15.6 Å². The summed E-state index contributed by atoms with van der Waals surface area (Å²) in [6.45, 7) is 2.01. The van der Waals surface area contributed by atoms with Gasteiger partial charge in [-0.05, 0) is 42.8 Å². The molecule has 0 aliphatic rings. The molecule has 2 aromatic heterocycles. The summed E-state index contributed by atoms with van der Waals surface area (Å²) >= 11 is 6.13. The highest BCUT2D eigenvalue weighted by Gasteiger charge is 2.12. The molecule has 2 N–H and O–H groups in total. The maximum Gasteiger partial charge on any atom is 0.269 e. The number of ether oxygens (including phenoxy) is 1. The lowest BCUT2D eigenvalue weighted by molar-refractivity contribution is 0.0958. The van der Waals surface area contributed by atoms with Gasteiger partial charge in [-0.3, -0.25) is 9.78 Å². The van der Waals surface area contributed by atoms with E-state index in [9.17, 15) is 4.79 Å². The van der Waals surface area contributed by atoms with Crippen molar-refractivity contribution in [2.45, 2.75) is 6.92 Å². The Morgan fingerprint density at radius 3 is 2.70 bits per heavy atom. The number of nitrogens with one attached hydrogen (secondary N) is 2. The molecule has 2 heterocycles. The number of pyridine rings is 1. The predicted molar refractivity (Wildman–Crippen MR) is 118 cm³/mol. The van der Waals surface area contributed by atoms with E-state index in [4.69, 9.17) is 21.3 Å². The summed E-state index contributed by atoms with van der Waals surface area (Å²) in [5.74, 6) is 1.55. The van der Waals surface area contributed by atoms with Gasteiger partial charge in [-0.25, -0.2) is 4.98 Å². The predicted octanol–water partition coefficient (Wildman–Crippen LogP) is 4.83. The van der Waals surface area contributed by atoms with Gasteiger partial charge in [0.05, 0.1) is 11.0 Å². The Hall–Kier alpha value is -3.58. The fourth-order valence-corrected chi connectivity index (χ4v) is 3.24. The lowest BCUT2D eigenvalue weighted by atomic mass is 10.2. The molecule has 4 aromatic rings. The van der Waals surface area contributed by atoms with Crippen LogP contribution < -0.4 is 15.4 Å². The number of imidazole rings is 1. The number of halogens is 1. The molecule has 0 fully saturated rings. The van der Waals surface area contributed by atoms with Crippen molar-refractivity contribution in [3.8, 4) is 11.5 Å². The average Bonchev–Trinajstić information content (AvgIpc) is 3.05. The number of hydrogen-bond acceptors (Lipinski definition) is 5. The van der Waals surface area contributed by atoms with E-state index in [-0.39, 0.29) is 11.6 Å². The van der Waals surface area contributed by atoms with Crippen LogP contribution in [0.2, 0.25) is 5.02 Å². The molecule has 4 rings (SSSR count). The standard InChI is InChI=1S/C22H20ClN5O2/c1-13-4-5-14(23)10-17(13)26-22-27-18-11-15(6-7-20(18)28(22)3)30-16-8-9-25-19(12-16)21(29)24-2/h4-12H,1-3H3,(H,24,29)(H,26,27). The number of rotatable bonds is 5. The Bertz CT molecular complexity index is 1250. The Morgan fingerprint density at radius 1 is 1.10 bits per heavy atom. The normalized spacial score (nSPS) is 10.8. The zero-order chi connectivity index (χ0) is 21.3. The van der Waals surface area contributed by atoms with Gasteiger partial charge in [0.1, 0.15) is 17.2 Å². The van der Waals surface area contributed by atoms with Crippen LogP contribution in [0.15, 0.2) is 54.7 Å². The lowest BCUT2D eigenvalue weighted by Gasteiger charge is -2.09. The highest BCUT2D eigenvalue weighted by atomic mass is 35.5. The molecule has 0 aliphatic carbocycles. The van der Waals surface area contributed by atoms with Gasteiger partial charge in [0.15, 0.2) is 0 Å². The first-order chi connectivity index (χ1) is 14.4. The lowest BCUT2D eigenvalue weighted by Crippen LogP contribution is -2.18. The first-order valence-electron chi connectivity index (χ1n) is 9.30. The molecule has 8 heteroatoms. The highest BCUT2D eigenvalue weighted by molar-refractivity contribution is 6.30. The fraction of sp³-hybridized carbons (Fsp3) is 0.136. The Morgan fingerprint density at radius 2 is 1.90 bits per heavy atom. The molecule has 0 atom stereocenters. The van der Waals surface area contributed by atoms with Crippen molar-refractivity contribution in [3.63, 3.8) is 0 Å². The van der Waals surface area contributed by atoms with Gasteiger partial charge in [-0.2, -0.15) is 0 Å². The van der Waals surface area contributed by atoms with Crippen LogP contribution >= 0.6 is 11.6 Å². The number of hydrogen-bond donors (Lipinski definition) is 2. The van der Waals surface area contributed by atoms with Crippen molar-refractivity contribution in [3.05, 3.63) is 71.0 Å². The van der Waals surface area contributed by atoms with Gasteiger partial charge in [0.2, 0.25) is 5.95 Å². The van der Waals surface area contributed by atoms with E-state index in [0.717, 1.165) is 22.3 Å². The molecular weight excluding hydrogens is 402 g/mol. The van der Waals surface area contributed by atoms with Gasteiger partial charge in [-0.15, -0.1) is 0 Å². The Balaban J connectivity index is 1.62. The quantitative estimate of drug-likeness (QED) is 0.482. The summed E-state index contributed by atoms with van der Waals surface area (Å²) in [6, 6.07) is 14.6. The van der Waals surface area contributed by atoms with Gasteiger partial charge in [0, 0.05) is 43.1 Å². The van der Waals surface area contributed by atoms with Gasteiger partial charge in [0.25, 0.3) is 5.91 Å². The summed E-state index contributed by atoms with van der Waals surface area (Å²) in [6.07, 6.45) is 1.54. The Labute approximate surface area is 178 Å². The van der Waals surface area contributed by atoms with Crippen molar-refractivity contribution >= 4 is 40.2 Å². The second-order valence-electron chi connectivity index (χ2n) is 6.79. The molecule has 1 amide bonds. The number of aromatic nitrogens is 3. The number of nitrogens with zero attached hydrogens (tertiary/aromatic N) is 3. The van der Waals surface area contributed by atoms with Crippen molar-refractivity contribution in [1.82, 2.24) is 19.9 Å². The van der Waals surface area contributed by atoms with E-state index >= 15 is 0 Å². The maximum absolute atomic E-state index is 11.8.